The third-order valence-electron chi connectivity index (χ3n) is 2.20. The van der Waals surface area contributed by atoms with Crippen molar-refractivity contribution in [1.29, 1.82) is 0 Å². The first-order valence-corrected chi connectivity index (χ1v) is 5.00. The van der Waals surface area contributed by atoms with Gasteiger partial charge in [0.05, 0.1) is 17.7 Å². The van der Waals surface area contributed by atoms with Gasteiger partial charge in [0.25, 0.3) is 0 Å². The number of aromatic hydroxyl groups is 1. The Bertz CT molecular complexity index is 344. The highest BCUT2D eigenvalue weighted by Crippen LogP contribution is 2.38. The molecule has 0 amide bonds. The Hall–Kier alpha value is -0.970. The third-order valence-corrected chi connectivity index (χ3v) is 2.50. The Morgan fingerprint density at radius 2 is 2.20 bits per heavy atom. The molecule has 1 aromatic rings. The minimum absolute atomic E-state index is 0.0306. The van der Waals surface area contributed by atoms with Crippen LogP contribution in [0.5, 0.6) is 11.5 Å². The van der Waals surface area contributed by atoms with Crippen LogP contribution in [0.3, 0.4) is 0 Å². The topological polar surface area (TPSA) is 81.5 Å². The molecule has 0 heterocycles. The Labute approximate surface area is 93.8 Å². The molecule has 0 fully saturated rings. The van der Waals surface area contributed by atoms with Crippen molar-refractivity contribution >= 4 is 11.6 Å². The minimum atomic E-state index is -0.372. The number of halogens is 1. The summed E-state index contributed by atoms with van der Waals surface area (Å²) in [6.45, 7) is 0.441. The maximum absolute atomic E-state index is 9.77. The van der Waals surface area contributed by atoms with Crippen LogP contribution in [-0.2, 0) is 0 Å². The van der Waals surface area contributed by atoms with Crippen LogP contribution in [0.25, 0.3) is 0 Å². The molecule has 5 heteroatoms. The average molecular weight is 231 g/mol. The molecule has 0 aliphatic rings. The molecule has 0 spiro atoms. The van der Waals surface area contributed by atoms with Crippen molar-refractivity contribution in [1.82, 2.24) is 0 Å². The average Bonchev–Trinajstić information content (AvgIpc) is 2.22. The number of phenolic OH excluding ortho intramolecular Hbond substituents is 1. The van der Waals surface area contributed by atoms with E-state index >= 15 is 0 Å². The first-order valence-electron chi connectivity index (χ1n) is 4.62. The molecule has 0 unspecified atom stereocenters. The van der Waals surface area contributed by atoms with Crippen LogP contribution in [0.4, 0.5) is 0 Å². The maximum Gasteiger partial charge on any atom is 0.142 e. The molecular weight excluding hydrogens is 216 g/mol. The molecule has 0 saturated carbocycles. The van der Waals surface area contributed by atoms with Crippen molar-refractivity contribution in [3.05, 3.63) is 22.7 Å². The first kappa shape index (κ1) is 12.1. The molecule has 1 rings (SSSR count). The van der Waals surface area contributed by atoms with Crippen LogP contribution >= 0.6 is 11.6 Å². The van der Waals surface area contributed by atoms with Gasteiger partial charge in [0.1, 0.15) is 11.5 Å². The van der Waals surface area contributed by atoms with Crippen molar-refractivity contribution in [2.24, 2.45) is 11.5 Å². The Balaban J connectivity index is 3.17. The van der Waals surface area contributed by atoms with E-state index in [0.29, 0.717) is 24.3 Å². The molecule has 0 aliphatic carbocycles. The van der Waals surface area contributed by atoms with Gasteiger partial charge in [-0.05, 0) is 25.1 Å². The maximum atomic E-state index is 9.77. The van der Waals surface area contributed by atoms with Gasteiger partial charge in [0.15, 0.2) is 0 Å². The van der Waals surface area contributed by atoms with Crippen molar-refractivity contribution in [3.63, 3.8) is 0 Å². The van der Waals surface area contributed by atoms with Crippen LogP contribution in [0.1, 0.15) is 18.0 Å². The van der Waals surface area contributed by atoms with Crippen molar-refractivity contribution in [2.75, 3.05) is 13.7 Å². The van der Waals surface area contributed by atoms with Crippen LogP contribution in [-0.4, -0.2) is 18.8 Å². The smallest absolute Gasteiger partial charge is 0.142 e. The van der Waals surface area contributed by atoms with Crippen molar-refractivity contribution in [3.8, 4) is 11.5 Å². The molecule has 0 aromatic heterocycles. The molecule has 84 valence electrons. The first-order chi connectivity index (χ1) is 7.11. The zero-order valence-corrected chi connectivity index (χ0v) is 9.29. The summed E-state index contributed by atoms with van der Waals surface area (Å²) >= 11 is 5.79. The second kappa shape index (κ2) is 5.21. The summed E-state index contributed by atoms with van der Waals surface area (Å²) in [5.74, 6) is 0.495. The van der Waals surface area contributed by atoms with E-state index in [9.17, 15) is 5.11 Å². The second-order valence-electron chi connectivity index (χ2n) is 3.20. The lowest BCUT2D eigenvalue weighted by molar-refractivity contribution is 0.392. The lowest BCUT2D eigenvalue weighted by atomic mass is 10.0. The highest BCUT2D eigenvalue weighted by Gasteiger charge is 2.18. The van der Waals surface area contributed by atoms with Crippen molar-refractivity contribution in [2.45, 2.75) is 12.5 Å². The molecule has 4 nitrogen and oxygen atoms in total. The second-order valence-corrected chi connectivity index (χ2v) is 3.60. The molecule has 15 heavy (non-hydrogen) atoms. The van der Waals surface area contributed by atoms with E-state index in [-0.39, 0.29) is 16.8 Å². The SMILES string of the molecule is COc1ccc(Cl)c(O)c1[C@H](N)CCN. The zero-order chi connectivity index (χ0) is 11.4. The standard InChI is InChI=1S/C10H15ClN2O2/c1-15-8-3-2-6(11)10(14)9(8)7(13)4-5-12/h2-3,7,14H,4-5,12-13H2,1H3/t7-/m1/s1. The molecule has 0 aliphatic heterocycles. The van der Waals surface area contributed by atoms with Gasteiger partial charge in [-0.1, -0.05) is 11.6 Å². The van der Waals surface area contributed by atoms with Crippen LogP contribution < -0.4 is 16.2 Å². The van der Waals surface area contributed by atoms with E-state index in [2.05, 4.69) is 0 Å². The fourth-order valence-corrected chi connectivity index (χ4v) is 1.59. The predicted octanol–water partition coefficient (Wildman–Crippen LogP) is 1.40. The van der Waals surface area contributed by atoms with E-state index in [1.807, 2.05) is 0 Å². The number of ether oxygens (including phenoxy) is 1. The molecule has 0 bridgehead atoms. The van der Waals surface area contributed by atoms with Gasteiger partial charge < -0.3 is 21.3 Å². The van der Waals surface area contributed by atoms with Crippen molar-refractivity contribution < 1.29 is 9.84 Å². The summed E-state index contributed by atoms with van der Waals surface area (Å²) in [4.78, 5) is 0. The minimum Gasteiger partial charge on any atom is -0.506 e. The zero-order valence-electron chi connectivity index (χ0n) is 8.53. The van der Waals surface area contributed by atoms with E-state index < -0.39 is 0 Å². The molecule has 5 N–H and O–H groups in total. The molecule has 0 saturated heterocycles. The summed E-state index contributed by atoms with van der Waals surface area (Å²) in [6, 6.07) is 2.87. The van der Waals surface area contributed by atoms with Gasteiger partial charge in [-0.3, -0.25) is 0 Å². The number of hydrogen-bond donors (Lipinski definition) is 3. The third kappa shape index (κ3) is 2.53. The summed E-state index contributed by atoms with van der Waals surface area (Å²) in [7, 11) is 1.52. The van der Waals surface area contributed by atoms with E-state index in [0.717, 1.165) is 0 Å². The van der Waals surface area contributed by atoms with E-state index in [1.165, 1.54) is 7.11 Å². The highest BCUT2D eigenvalue weighted by molar-refractivity contribution is 6.32. The van der Waals surface area contributed by atoms with Gasteiger partial charge in [0, 0.05) is 6.04 Å². The Morgan fingerprint density at radius 3 is 2.73 bits per heavy atom. The Kier molecular flexibility index (Phi) is 4.20. The lowest BCUT2D eigenvalue weighted by Crippen LogP contribution is -2.16. The van der Waals surface area contributed by atoms with Gasteiger partial charge in [-0.15, -0.1) is 0 Å². The van der Waals surface area contributed by atoms with Crippen LogP contribution in [0.15, 0.2) is 12.1 Å². The summed E-state index contributed by atoms with van der Waals surface area (Å²) in [6.07, 6.45) is 0.560. The number of phenols is 1. The Morgan fingerprint density at radius 1 is 1.53 bits per heavy atom. The predicted molar refractivity (Wildman–Crippen MR) is 60.3 cm³/mol. The largest absolute Gasteiger partial charge is 0.506 e. The van der Waals surface area contributed by atoms with Crippen LogP contribution in [0.2, 0.25) is 5.02 Å². The summed E-state index contributed by atoms with van der Waals surface area (Å²) in [5.41, 5.74) is 11.8. The van der Waals surface area contributed by atoms with Gasteiger partial charge in [-0.25, -0.2) is 0 Å². The molecule has 0 radical (unpaired) electrons. The number of nitrogens with two attached hydrogens (primary N) is 2. The van der Waals surface area contributed by atoms with E-state index in [4.69, 9.17) is 27.8 Å². The fourth-order valence-electron chi connectivity index (χ4n) is 1.42. The quantitative estimate of drug-likeness (QED) is 0.731. The highest BCUT2D eigenvalue weighted by atomic mass is 35.5. The number of rotatable bonds is 4. The monoisotopic (exact) mass is 230 g/mol. The lowest BCUT2D eigenvalue weighted by Gasteiger charge is -2.17. The normalized spacial score (nSPS) is 12.5. The molecule has 1 atom stereocenters. The number of hydrogen-bond acceptors (Lipinski definition) is 4. The fraction of sp³-hybridized carbons (Fsp3) is 0.400. The number of methoxy groups -OCH3 is 1. The summed E-state index contributed by atoms with van der Waals surface area (Å²) in [5, 5.41) is 10.0. The van der Waals surface area contributed by atoms with E-state index in [1.54, 1.807) is 12.1 Å². The van der Waals surface area contributed by atoms with Gasteiger partial charge in [0.2, 0.25) is 0 Å². The summed E-state index contributed by atoms with van der Waals surface area (Å²) < 4.78 is 5.11. The van der Waals surface area contributed by atoms with Crippen LogP contribution in [0, 0.1) is 0 Å². The van der Waals surface area contributed by atoms with Gasteiger partial charge >= 0.3 is 0 Å². The van der Waals surface area contributed by atoms with Gasteiger partial charge in [-0.2, -0.15) is 0 Å². The number of benzene rings is 1. The molecular formula is C10H15ClN2O2. The molecule has 1 aromatic carbocycles.